The zero-order valence-corrected chi connectivity index (χ0v) is 22.3. The molecule has 2 fully saturated rings. The number of benzene rings is 1. The molecule has 204 valence electrons. The average molecular weight is 533 g/mol. The van der Waals surface area contributed by atoms with E-state index in [2.05, 4.69) is 10.3 Å². The molecule has 0 spiro atoms. The molecule has 0 bridgehead atoms. The molecule has 2 aliphatic heterocycles. The molecule has 5 rings (SSSR count). The van der Waals surface area contributed by atoms with E-state index in [9.17, 15) is 19.2 Å². The number of pyridine rings is 1. The number of methoxy groups -OCH3 is 1. The van der Waals surface area contributed by atoms with Gasteiger partial charge in [-0.25, -0.2) is 0 Å². The first-order chi connectivity index (χ1) is 18.8. The number of hydrogen-bond acceptors (Lipinski definition) is 7. The minimum absolute atomic E-state index is 0.0275. The molecule has 0 radical (unpaired) electrons. The Morgan fingerprint density at radius 2 is 2.00 bits per heavy atom. The minimum Gasteiger partial charge on any atom is -0.493 e. The average Bonchev–Trinajstić information content (AvgIpc) is 3.63. The van der Waals surface area contributed by atoms with Gasteiger partial charge in [0.05, 0.1) is 26.1 Å². The van der Waals surface area contributed by atoms with Crippen LogP contribution in [0.2, 0.25) is 0 Å². The van der Waals surface area contributed by atoms with Crippen molar-refractivity contribution < 1.29 is 28.3 Å². The lowest BCUT2D eigenvalue weighted by molar-refractivity contribution is -0.138. The van der Waals surface area contributed by atoms with Crippen LogP contribution in [0.4, 0.5) is 0 Å². The van der Waals surface area contributed by atoms with Crippen LogP contribution in [0.15, 0.2) is 53.2 Å². The van der Waals surface area contributed by atoms with Crippen LogP contribution in [-0.2, 0) is 20.8 Å². The van der Waals surface area contributed by atoms with E-state index in [1.807, 2.05) is 26.0 Å². The van der Waals surface area contributed by atoms with E-state index in [1.165, 1.54) is 7.11 Å². The summed E-state index contributed by atoms with van der Waals surface area (Å²) in [6.07, 6.45) is 4.31. The van der Waals surface area contributed by atoms with E-state index in [0.29, 0.717) is 36.1 Å². The highest BCUT2D eigenvalue weighted by atomic mass is 16.5. The number of ketones is 1. The maximum Gasteiger partial charge on any atom is 0.287 e. The van der Waals surface area contributed by atoms with Gasteiger partial charge in [0, 0.05) is 24.3 Å². The number of para-hydroxylation sites is 1. The molecule has 3 unspecified atom stereocenters. The first kappa shape index (κ1) is 26.4. The van der Waals surface area contributed by atoms with Crippen molar-refractivity contribution in [1.29, 1.82) is 0 Å². The number of fused-ring (bicyclic) bond motifs is 2. The first-order valence-corrected chi connectivity index (χ1v) is 13.2. The van der Waals surface area contributed by atoms with Gasteiger partial charge in [-0.3, -0.25) is 24.2 Å². The highest BCUT2D eigenvalue weighted by molar-refractivity contribution is 6.01. The van der Waals surface area contributed by atoms with E-state index in [4.69, 9.17) is 9.15 Å². The van der Waals surface area contributed by atoms with Gasteiger partial charge in [0.1, 0.15) is 12.1 Å². The molecular formula is C29H32N4O6. The molecule has 3 atom stereocenters. The van der Waals surface area contributed by atoms with Crippen LogP contribution in [-0.4, -0.2) is 76.6 Å². The number of nitrogens with zero attached hydrogens (tertiary/aromatic N) is 3. The summed E-state index contributed by atoms with van der Waals surface area (Å²) < 4.78 is 11.1. The van der Waals surface area contributed by atoms with Crippen LogP contribution in [0.3, 0.4) is 0 Å². The summed E-state index contributed by atoms with van der Waals surface area (Å²) in [5, 5.41) is 3.55. The molecule has 3 aromatic rings. The normalized spacial score (nSPS) is 19.4. The Hall–Kier alpha value is -4.21. The Balaban J connectivity index is 1.31. The Kier molecular flexibility index (Phi) is 7.36. The van der Waals surface area contributed by atoms with Crippen LogP contribution in [0.1, 0.15) is 42.8 Å². The molecule has 39 heavy (non-hydrogen) atoms. The summed E-state index contributed by atoms with van der Waals surface area (Å²) in [4.78, 5) is 60.3. The van der Waals surface area contributed by atoms with E-state index in [0.717, 1.165) is 5.56 Å². The quantitative estimate of drug-likeness (QED) is 0.473. The Labute approximate surface area is 226 Å². The first-order valence-electron chi connectivity index (χ1n) is 13.2. The SMILES string of the molecule is COc1cccc2cc(C(=O)NC(CC(C)C)C(=O)N3CCC4C3C(=O)CN4C(=O)Cc3cccnc3)oc12. The number of aromatic nitrogens is 1. The second kappa shape index (κ2) is 10.9. The number of rotatable bonds is 8. The van der Waals surface area contributed by atoms with Gasteiger partial charge in [-0.15, -0.1) is 0 Å². The second-order valence-electron chi connectivity index (χ2n) is 10.5. The molecule has 10 nitrogen and oxygen atoms in total. The van der Waals surface area contributed by atoms with Crippen molar-refractivity contribution in [1.82, 2.24) is 20.1 Å². The topological polar surface area (TPSA) is 122 Å². The van der Waals surface area contributed by atoms with Gasteiger partial charge in [-0.2, -0.15) is 0 Å². The minimum atomic E-state index is -0.848. The zero-order chi connectivity index (χ0) is 27.7. The van der Waals surface area contributed by atoms with E-state index in [-0.39, 0.29) is 48.3 Å². The van der Waals surface area contributed by atoms with Crippen molar-refractivity contribution in [2.45, 2.75) is 51.2 Å². The smallest absolute Gasteiger partial charge is 0.287 e. The lowest BCUT2D eigenvalue weighted by Crippen LogP contribution is -2.53. The molecule has 10 heteroatoms. The third-order valence-electron chi connectivity index (χ3n) is 7.37. The second-order valence-corrected chi connectivity index (χ2v) is 10.5. The molecule has 0 saturated carbocycles. The van der Waals surface area contributed by atoms with Gasteiger partial charge in [-0.1, -0.05) is 32.0 Å². The van der Waals surface area contributed by atoms with Crippen LogP contribution in [0.25, 0.3) is 11.0 Å². The number of Topliss-reactive ketones (excluding diaryl/α,β-unsaturated/α-hetero) is 1. The Morgan fingerprint density at radius 1 is 1.18 bits per heavy atom. The summed E-state index contributed by atoms with van der Waals surface area (Å²) in [5.41, 5.74) is 1.22. The highest BCUT2D eigenvalue weighted by Crippen LogP contribution is 2.32. The molecule has 1 N–H and O–H groups in total. The Morgan fingerprint density at radius 3 is 2.72 bits per heavy atom. The van der Waals surface area contributed by atoms with E-state index >= 15 is 0 Å². The van der Waals surface area contributed by atoms with Crippen LogP contribution >= 0.6 is 0 Å². The summed E-state index contributed by atoms with van der Waals surface area (Å²) in [6.45, 7) is 4.23. The molecule has 2 aromatic heterocycles. The zero-order valence-electron chi connectivity index (χ0n) is 22.3. The maximum atomic E-state index is 13.8. The monoisotopic (exact) mass is 532 g/mol. The molecule has 2 aliphatic rings. The molecule has 4 heterocycles. The van der Waals surface area contributed by atoms with E-state index < -0.39 is 18.0 Å². The highest BCUT2D eigenvalue weighted by Gasteiger charge is 2.52. The third-order valence-corrected chi connectivity index (χ3v) is 7.37. The van der Waals surface area contributed by atoms with Gasteiger partial charge in [0.25, 0.3) is 5.91 Å². The number of nitrogens with one attached hydrogen (secondary N) is 1. The number of amides is 3. The van der Waals surface area contributed by atoms with Crippen molar-refractivity contribution in [3.8, 4) is 5.75 Å². The van der Waals surface area contributed by atoms with Gasteiger partial charge >= 0.3 is 0 Å². The van der Waals surface area contributed by atoms with E-state index in [1.54, 1.807) is 46.5 Å². The summed E-state index contributed by atoms with van der Waals surface area (Å²) >= 11 is 0. The number of carbonyl (C=O) groups excluding carboxylic acids is 4. The van der Waals surface area contributed by atoms with Crippen molar-refractivity contribution >= 4 is 34.5 Å². The van der Waals surface area contributed by atoms with Gasteiger partial charge < -0.3 is 24.3 Å². The molecule has 0 aliphatic carbocycles. The molecular weight excluding hydrogens is 500 g/mol. The molecule has 2 saturated heterocycles. The summed E-state index contributed by atoms with van der Waals surface area (Å²) in [6, 6.07) is 8.63. The maximum absolute atomic E-state index is 13.8. The number of hydrogen-bond donors (Lipinski definition) is 1. The fourth-order valence-corrected chi connectivity index (χ4v) is 5.60. The van der Waals surface area contributed by atoms with Crippen LogP contribution < -0.4 is 10.1 Å². The van der Waals surface area contributed by atoms with Crippen molar-refractivity contribution in [3.63, 3.8) is 0 Å². The lowest BCUT2D eigenvalue weighted by atomic mass is 10.0. The fourth-order valence-electron chi connectivity index (χ4n) is 5.60. The lowest BCUT2D eigenvalue weighted by Gasteiger charge is -2.29. The number of carbonyl (C=O) groups is 4. The number of furan rings is 1. The fraction of sp³-hybridized carbons (Fsp3) is 0.414. The van der Waals surface area contributed by atoms with Gasteiger partial charge in [-0.05, 0) is 42.5 Å². The summed E-state index contributed by atoms with van der Waals surface area (Å²) in [7, 11) is 1.52. The Bertz CT molecular complexity index is 1400. The van der Waals surface area contributed by atoms with Gasteiger partial charge in [0.2, 0.25) is 11.8 Å². The van der Waals surface area contributed by atoms with Crippen LogP contribution in [0, 0.1) is 5.92 Å². The summed E-state index contributed by atoms with van der Waals surface area (Å²) in [5.74, 6) is -0.492. The molecule has 1 aromatic carbocycles. The number of ether oxygens (including phenoxy) is 1. The molecule has 3 amide bonds. The van der Waals surface area contributed by atoms with Gasteiger partial charge in [0.15, 0.2) is 22.9 Å². The standard InChI is InChI=1S/C29H32N4O6/c1-17(2)12-20(31-28(36)24-14-19-7-4-8-23(38-3)27(19)39-24)29(37)32-11-9-21-26(32)22(34)16-33(21)25(35)13-18-6-5-10-30-15-18/h4-8,10,14-15,17,20-21,26H,9,11-13,16H2,1-3H3,(H,31,36). The predicted molar refractivity (Wildman–Crippen MR) is 142 cm³/mol. The predicted octanol–water partition coefficient (Wildman–Crippen LogP) is 2.60. The number of likely N-dealkylation sites (tertiary alicyclic amines) is 2. The van der Waals surface area contributed by atoms with Crippen molar-refractivity contribution in [2.75, 3.05) is 20.2 Å². The van der Waals surface area contributed by atoms with Crippen molar-refractivity contribution in [2.24, 2.45) is 5.92 Å². The van der Waals surface area contributed by atoms with Crippen LogP contribution in [0.5, 0.6) is 5.75 Å². The third kappa shape index (κ3) is 5.23. The van der Waals surface area contributed by atoms with Crippen molar-refractivity contribution in [3.05, 3.63) is 60.1 Å². The largest absolute Gasteiger partial charge is 0.493 e.